The quantitative estimate of drug-likeness (QED) is 0.526. The van der Waals surface area contributed by atoms with E-state index in [0.717, 1.165) is 33.2 Å². The van der Waals surface area contributed by atoms with E-state index >= 15 is 0 Å². The summed E-state index contributed by atoms with van der Waals surface area (Å²) in [4.78, 5) is 26.9. The van der Waals surface area contributed by atoms with Gasteiger partial charge in [0, 0.05) is 35.9 Å². The van der Waals surface area contributed by atoms with Crippen LogP contribution in [0.15, 0.2) is 60.9 Å². The molecule has 0 saturated carbocycles. The molecule has 2 amide bonds. The Morgan fingerprint density at radius 1 is 1.08 bits per heavy atom. The van der Waals surface area contributed by atoms with E-state index in [1.54, 1.807) is 0 Å². The van der Waals surface area contributed by atoms with Crippen LogP contribution >= 0.6 is 0 Å². The van der Waals surface area contributed by atoms with Gasteiger partial charge in [-0.1, -0.05) is 12.1 Å². The van der Waals surface area contributed by atoms with Crippen LogP contribution in [-0.2, 0) is 16.1 Å². The summed E-state index contributed by atoms with van der Waals surface area (Å²) in [7, 11) is 0. The number of amides is 2. The van der Waals surface area contributed by atoms with Crippen molar-refractivity contribution in [3.05, 3.63) is 60.9 Å². The molecule has 0 bridgehead atoms. The summed E-state index contributed by atoms with van der Waals surface area (Å²) in [5, 5.41) is 7.74. The van der Waals surface area contributed by atoms with E-state index in [1.165, 1.54) is 6.92 Å². The minimum Gasteiger partial charge on any atom is -0.361 e. The molecular weight excluding hydrogens is 328 g/mol. The van der Waals surface area contributed by atoms with E-state index in [1.807, 2.05) is 65.5 Å². The van der Waals surface area contributed by atoms with Crippen molar-refractivity contribution in [2.24, 2.45) is 0 Å². The fourth-order valence-corrected chi connectivity index (χ4v) is 3.14. The number of H-pyrrole nitrogens is 1. The highest BCUT2D eigenvalue weighted by molar-refractivity contribution is 6.01. The summed E-state index contributed by atoms with van der Waals surface area (Å²) < 4.78 is 1.86. The molecule has 3 N–H and O–H groups in total. The first-order valence-corrected chi connectivity index (χ1v) is 8.32. The maximum absolute atomic E-state index is 12.4. The Labute approximate surface area is 149 Å². The van der Waals surface area contributed by atoms with Gasteiger partial charge in [0.15, 0.2) is 0 Å². The lowest BCUT2D eigenvalue weighted by Crippen LogP contribution is -2.18. The molecule has 6 nitrogen and oxygen atoms in total. The lowest BCUT2D eigenvalue weighted by molar-refractivity contribution is -0.116. The molecule has 0 spiro atoms. The standard InChI is InChI=1S/C20H18N4O2/c1-13(25)22-17-3-2-4-19-16(17)8-10-24(19)12-20(26)23-15-6-5-14-7-9-21-18(14)11-15/h2-11,21H,12H2,1H3,(H,22,25)(H,23,26). The molecule has 0 aliphatic carbocycles. The average Bonchev–Trinajstić information content (AvgIpc) is 3.22. The average molecular weight is 346 g/mol. The number of hydrogen-bond donors (Lipinski definition) is 3. The smallest absolute Gasteiger partial charge is 0.244 e. The Morgan fingerprint density at radius 2 is 1.96 bits per heavy atom. The number of aromatic nitrogens is 2. The fourth-order valence-electron chi connectivity index (χ4n) is 3.14. The first kappa shape index (κ1) is 16.0. The number of anilines is 2. The van der Waals surface area contributed by atoms with Crippen LogP contribution in [0.2, 0.25) is 0 Å². The Balaban J connectivity index is 1.54. The number of rotatable bonds is 4. The lowest BCUT2D eigenvalue weighted by Gasteiger charge is -2.09. The summed E-state index contributed by atoms with van der Waals surface area (Å²) in [5.41, 5.74) is 3.37. The maximum atomic E-state index is 12.4. The van der Waals surface area contributed by atoms with Crippen LogP contribution in [-0.4, -0.2) is 21.4 Å². The van der Waals surface area contributed by atoms with Crippen LogP contribution in [0.5, 0.6) is 0 Å². The van der Waals surface area contributed by atoms with Crippen molar-refractivity contribution in [1.29, 1.82) is 0 Å². The van der Waals surface area contributed by atoms with Crippen LogP contribution in [0.4, 0.5) is 11.4 Å². The highest BCUT2D eigenvalue weighted by Gasteiger charge is 2.10. The number of nitrogens with zero attached hydrogens (tertiary/aromatic N) is 1. The van der Waals surface area contributed by atoms with Gasteiger partial charge < -0.3 is 20.2 Å². The molecule has 0 saturated heterocycles. The van der Waals surface area contributed by atoms with Gasteiger partial charge in [0.1, 0.15) is 6.54 Å². The van der Waals surface area contributed by atoms with Crippen LogP contribution < -0.4 is 10.6 Å². The molecular formula is C20H18N4O2. The van der Waals surface area contributed by atoms with Crippen molar-refractivity contribution in [2.75, 3.05) is 10.6 Å². The van der Waals surface area contributed by atoms with Gasteiger partial charge in [-0.3, -0.25) is 9.59 Å². The second-order valence-electron chi connectivity index (χ2n) is 6.19. The lowest BCUT2D eigenvalue weighted by atomic mass is 10.2. The molecule has 6 heteroatoms. The summed E-state index contributed by atoms with van der Waals surface area (Å²) >= 11 is 0. The summed E-state index contributed by atoms with van der Waals surface area (Å²) in [6, 6.07) is 15.3. The van der Waals surface area contributed by atoms with Crippen molar-refractivity contribution in [2.45, 2.75) is 13.5 Å². The molecule has 4 aromatic rings. The molecule has 2 heterocycles. The Hall–Kier alpha value is -3.54. The zero-order chi connectivity index (χ0) is 18.1. The van der Waals surface area contributed by atoms with Crippen LogP contribution in [0.3, 0.4) is 0 Å². The van der Waals surface area contributed by atoms with E-state index in [-0.39, 0.29) is 18.4 Å². The van der Waals surface area contributed by atoms with Crippen molar-refractivity contribution >= 4 is 45.0 Å². The van der Waals surface area contributed by atoms with Gasteiger partial charge in [-0.25, -0.2) is 0 Å². The molecule has 130 valence electrons. The van der Waals surface area contributed by atoms with Gasteiger partial charge in [0.2, 0.25) is 11.8 Å². The van der Waals surface area contributed by atoms with Gasteiger partial charge in [0.25, 0.3) is 0 Å². The topological polar surface area (TPSA) is 78.9 Å². The van der Waals surface area contributed by atoms with Gasteiger partial charge in [0.05, 0.1) is 11.2 Å². The molecule has 0 atom stereocenters. The number of hydrogen-bond acceptors (Lipinski definition) is 2. The summed E-state index contributed by atoms with van der Waals surface area (Å²) in [6.45, 7) is 1.67. The Morgan fingerprint density at radius 3 is 2.81 bits per heavy atom. The molecule has 0 fully saturated rings. The van der Waals surface area contributed by atoms with Crippen LogP contribution in [0.1, 0.15) is 6.92 Å². The highest BCUT2D eigenvalue weighted by atomic mass is 16.2. The summed E-state index contributed by atoms with van der Waals surface area (Å²) in [6.07, 6.45) is 3.72. The number of fused-ring (bicyclic) bond motifs is 2. The van der Waals surface area contributed by atoms with Crippen molar-refractivity contribution in [3.63, 3.8) is 0 Å². The monoisotopic (exact) mass is 346 g/mol. The molecule has 2 aromatic heterocycles. The fraction of sp³-hybridized carbons (Fsp3) is 0.100. The molecule has 2 aromatic carbocycles. The molecule has 0 unspecified atom stereocenters. The minimum absolute atomic E-state index is 0.113. The Bertz CT molecular complexity index is 1120. The van der Waals surface area contributed by atoms with Crippen molar-refractivity contribution < 1.29 is 9.59 Å². The van der Waals surface area contributed by atoms with Gasteiger partial charge in [-0.2, -0.15) is 0 Å². The van der Waals surface area contributed by atoms with Gasteiger partial charge >= 0.3 is 0 Å². The second-order valence-corrected chi connectivity index (χ2v) is 6.19. The maximum Gasteiger partial charge on any atom is 0.244 e. The third kappa shape index (κ3) is 3.04. The van der Waals surface area contributed by atoms with Crippen molar-refractivity contribution in [1.82, 2.24) is 9.55 Å². The SMILES string of the molecule is CC(=O)Nc1cccc2c1ccn2CC(=O)Nc1ccc2cc[nH]c2c1. The Kier molecular flexibility index (Phi) is 3.93. The largest absolute Gasteiger partial charge is 0.361 e. The predicted molar refractivity (Wildman–Crippen MR) is 103 cm³/mol. The predicted octanol–water partition coefficient (Wildman–Crippen LogP) is 3.72. The molecule has 0 aliphatic heterocycles. The minimum atomic E-state index is -0.122. The number of carbonyl (C=O) groups is 2. The van der Waals surface area contributed by atoms with E-state index in [0.29, 0.717) is 0 Å². The van der Waals surface area contributed by atoms with E-state index in [9.17, 15) is 9.59 Å². The third-order valence-corrected chi connectivity index (χ3v) is 4.28. The van der Waals surface area contributed by atoms with E-state index in [2.05, 4.69) is 15.6 Å². The van der Waals surface area contributed by atoms with E-state index < -0.39 is 0 Å². The highest BCUT2D eigenvalue weighted by Crippen LogP contribution is 2.25. The molecule has 0 aliphatic rings. The van der Waals surface area contributed by atoms with Gasteiger partial charge in [-0.05, 0) is 41.8 Å². The number of carbonyl (C=O) groups excluding carboxylic acids is 2. The third-order valence-electron chi connectivity index (χ3n) is 4.28. The first-order valence-electron chi connectivity index (χ1n) is 8.32. The van der Waals surface area contributed by atoms with Crippen molar-refractivity contribution in [3.8, 4) is 0 Å². The number of nitrogens with one attached hydrogen (secondary N) is 3. The zero-order valence-electron chi connectivity index (χ0n) is 14.2. The van der Waals surface area contributed by atoms with Gasteiger partial charge in [-0.15, -0.1) is 0 Å². The number of aromatic amines is 1. The summed E-state index contributed by atoms with van der Waals surface area (Å²) in [5.74, 6) is -0.235. The molecule has 0 radical (unpaired) electrons. The zero-order valence-corrected chi connectivity index (χ0v) is 14.2. The molecule has 26 heavy (non-hydrogen) atoms. The first-order chi connectivity index (χ1) is 12.6. The number of benzene rings is 2. The second kappa shape index (κ2) is 6.40. The molecule has 4 rings (SSSR count). The van der Waals surface area contributed by atoms with E-state index in [4.69, 9.17) is 0 Å². The van der Waals surface area contributed by atoms with Crippen LogP contribution in [0, 0.1) is 0 Å². The normalized spacial score (nSPS) is 11.0. The van der Waals surface area contributed by atoms with Crippen LogP contribution in [0.25, 0.3) is 21.8 Å².